The smallest absolute Gasteiger partial charge is 0.410 e. The summed E-state index contributed by atoms with van der Waals surface area (Å²) in [7, 11) is 1.61. The number of carbonyl (C=O) groups excluding carboxylic acids is 1. The number of anilines is 2. The summed E-state index contributed by atoms with van der Waals surface area (Å²) in [5.74, 6) is 1.30. The standard InChI is InChI=1S/C19H23ClN4O3/c1-19(2,3)27-18(25)24-9-8-15-14(11-24)16(23-17(20)22-15)21-12-6-5-7-13(10-12)26-4/h5-7,10H,8-9,11H2,1-4H3,(H,21,22,23). The average Bonchev–Trinajstić information content (AvgIpc) is 2.60. The van der Waals surface area contributed by atoms with E-state index in [0.717, 1.165) is 22.7 Å². The summed E-state index contributed by atoms with van der Waals surface area (Å²) in [5, 5.41) is 3.43. The second-order valence-electron chi connectivity index (χ2n) is 7.28. The maximum atomic E-state index is 12.4. The van der Waals surface area contributed by atoms with Gasteiger partial charge in [-0.25, -0.2) is 14.8 Å². The normalized spacial score (nSPS) is 13.7. The maximum absolute atomic E-state index is 12.4. The summed E-state index contributed by atoms with van der Waals surface area (Å²) < 4.78 is 10.7. The van der Waals surface area contributed by atoms with E-state index in [9.17, 15) is 4.79 Å². The molecule has 0 saturated heterocycles. The van der Waals surface area contributed by atoms with Crippen LogP contribution in [0.15, 0.2) is 24.3 Å². The number of halogens is 1. The minimum absolute atomic E-state index is 0.171. The molecular formula is C19H23ClN4O3. The number of fused-ring (bicyclic) bond motifs is 1. The fraction of sp³-hybridized carbons (Fsp3) is 0.421. The zero-order valence-corrected chi connectivity index (χ0v) is 16.6. The third-order valence-electron chi connectivity index (χ3n) is 4.02. The summed E-state index contributed by atoms with van der Waals surface area (Å²) in [6.07, 6.45) is 0.235. The van der Waals surface area contributed by atoms with Gasteiger partial charge >= 0.3 is 6.09 Å². The first-order chi connectivity index (χ1) is 12.7. The van der Waals surface area contributed by atoms with Crippen LogP contribution in [0, 0.1) is 0 Å². The quantitative estimate of drug-likeness (QED) is 0.792. The summed E-state index contributed by atoms with van der Waals surface area (Å²) in [5.41, 5.74) is 1.93. The molecule has 2 heterocycles. The van der Waals surface area contributed by atoms with Crippen LogP contribution in [0.4, 0.5) is 16.3 Å². The van der Waals surface area contributed by atoms with Crippen molar-refractivity contribution >= 4 is 29.2 Å². The molecule has 27 heavy (non-hydrogen) atoms. The van der Waals surface area contributed by atoms with E-state index in [1.165, 1.54) is 0 Å². The van der Waals surface area contributed by atoms with Gasteiger partial charge in [-0.05, 0) is 44.5 Å². The maximum Gasteiger partial charge on any atom is 0.410 e. The van der Waals surface area contributed by atoms with E-state index in [1.807, 2.05) is 45.0 Å². The van der Waals surface area contributed by atoms with Gasteiger partial charge in [-0.3, -0.25) is 0 Å². The highest BCUT2D eigenvalue weighted by Gasteiger charge is 2.28. The predicted molar refractivity (Wildman–Crippen MR) is 104 cm³/mol. The lowest BCUT2D eigenvalue weighted by Crippen LogP contribution is -2.40. The van der Waals surface area contributed by atoms with Crippen LogP contribution in [-0.2, 0) is 17.7 Å². The molecule has 1 aliphatic heterocycles. The Kier molecular flexibility index (Phi) is 5.41. The van der Waals surface area contributed by atoms with E-state index in [-0.39, 0.29) is 11.4 Å². The Morgan fingerprint density at radius 2 is 2.07 bits per heavy atom. The molecular weight excluding hydrogens is 368 g/mol. The number of methoxy groups -OCH3 is 1. The number of benzene rings is 1. The molecule has 0 atom stereocenters. The topological polar surface area (TPSA) is 76.6 Å². The van der Waals surface area contributed by atoms with Gasteiger partial charge in [0.1, 0.15) is 17.2 Å². The molecule has 0 bridgehead atoms. The highest BCUT2D eigenvalue weighted by molar-refractivity contribution is 6.28. The Hall–Kier alpha value is -2.54. The van der Waals surface area contributed by atoms with Crippen LogP contribution in [0.2, 0.25) is 5.28 Å². The Bertz CT molecular complexity index is 851. The third-order valence-corrected chi connectivity index (χ3v) is 4.19. The van der Waals surface area contributed by atoms with Crippen LogP contribution in [0.3, 0.4) is 0 Å². The third kappa shape index (κ3) is 4.80. The van der Waals surface area contributed by atoms with Gasteiger partial charge in [-0.2, -0.15) is 0 Å². The molecule has 0 saturated carbocycles. The van der Waals surface area contributed by atoms with Crippen molar-refractivity contribution in [3.05, 3.63) is 40.8 Å². The molecule has 3 rings (SSSR count). The zero-order valence-electron chi connectivity index (χ0n) is 15.9. The number of carbonyl (C=O) groups is 1. The van der Waals surface area contributed by atoms with Gasteiger partial charge in [0.15, 0.2) is 0 Å². The molecule has 1 aromatic heterocycles. The van der Waals surface area contributed by atoms with Crippen LogP contribution >= 0.6 is 11.6 Å². The van der Waals surface area contributed by atoms with Crippen molar-refractivity contribution in [3.8, 4) is 5.75 Å². The molecule has 0 radical (unpaired) electrons. The number of hydrogen-bond acceptors (Lipinski definition) is 6. The Morgan fingerprint density at radius 3 is 2.78 bits per heavy atom. The van der Waals surface area contributed by atoms with Crippen molar-refractivity contribution in [3.63, 3.8) is 0 Å². The van der Waals surface area contributed by atoms with Crippen molar-refractivity contribution in [2.45, 2.75) is 39.3 Å². The number of hydrogen-bond donors (Lipinski definition) is 1. The van der Waals surface area contributed by atoms with E-state index >= 15 is 0 Å². The summed E-state index contributed by atoms with van der Waals surface area (Å²) in [4.78, 5) is 22.8. The number of rotatable bonds is 3. The monoisotopic (exact) mass is 390 g/mol. The fourth-order valence-corrected chi connectivity index (χ4v) is 2.99. The van der Waals surface area contributed by atoms with Gasteiger partial charge < -0.3 is 19.7 Å². The lowest BCUT2D eigenvalue weighted by atomic mass is 10.1. The van der Waals surface area contributed by atoms with Crippen LogP contribution in [0.25, 0.3) is 0 Å². The zero-order chi connectivity index (χ0) is 19.6. The summed E-state index contributed by atoms with van der Waals surface area (Å²) in [6.45, 7) is 6.42. The lowest BCUT2D eigenvalue weighted by Gasteiger charge is -2.31. The molecule has 2 aromatic rings. The molecule has 0 spiro atoms. The van der Waals surface area contributed by atoms with Crippen LogP contribution in [0.1, 0.15) is 32.0 Å². The number of ether oxygens (including phenoxy) is 2. The minimum atomic E-state index is -0.546. The van der Waals surface area contributed by atoms with Gasteiger partial charge in [0.25, 0.3) is 0 Å². The lowest BCUT2D eigenvalue weighted by molar-refractivity contribution is 0.0223. The molecule has 0 fully saturated rings. The molecule has 8 heteroatoms. The molecule has 144 valence electrons. The van der Waals surface area contributed by atoms with Crippen molar-refractivity contribution < 1.29 is 14.3 Å². The first-order valence-corrected chi connectivity index (χ1v) is 9.07. The van der Waals surface area contributed by atoms with E-state index in [4.69, 9.17) is 21.1 Å². The second kappa shape index (κ2) is 7.60. The highest BCUT2D eigenvalue weighted by Crippen LogP contribution is 2.29. The van der Waals surface area contributed by atoms with E-state index in [1.54, 1.807) is 12.0 Å². The molecule has 7 nitrogen and oxygen atoms in total. The van der Waals surface area contributed by atoms with Crippen molar-refractivity contribution in [1.29, 1.82) is 0 Å². The summed E-state index contributed by atoms with van der Waals surface area (Å²) in [6, 6.07) is 7.50. The minimum Gasteiger partial charge on any atom is -0.497 e. The molecule has 1 aliphatic rings. The van der Waals surface area contributed by atoms with Crippen molar-refractivity contribution in [1.82, 2.24) is 14.9 Å². The van der Waals surface area contributed by atoms with Gasteiger partial charge in [0.2, 0.25) is 5.28 Å². The number of amides is 1. The largest absolute Gasteiger partial charge is 0.497 e. The highest BCUT2D eigenvalue weighted by atomic mass is 35.5. The molecule has 1 amide bonds. The second-order valence-corrected chi connectivity index (χ2v) is 7.61. The Morgan fingerprint density at radius 1 is 1.30 bits per heavy atom. The van der Waals surface area contributed by atoms with Gasteiger partial charge in [-0.1, -0.05) is 6.07 Å². The predicted octanol–water partition coefficient (Wildman–Crippen LogP) is 4.18. The molecule has 0 aliphatic carbocycles. The number of nitrogens with one attached hydrogen (secondary N) is 1. The first kappa shape index (κ1) is 19.2. The molecule has 1 aromatic carbocycles. The first-order valence-electron chi connectivity index (χ1n) is 8.69. The van der Waals surface area contributed by atoms with Gasteiger partial charge in [-0.15, -0.1) is 0 Å². The van der Waals surface area contributed by atoms with Crippen LogP contribution in [0.5, 0.6) is 5.75 Å². The molecule has 1 N–H and O–H groups in total. The fourth-order valence-electron chi connectivity index (χ4n) is 2.81. The van der Waals surface area contributed by atoms with Crippen molar-refractivity contribution in [2.24, 2.45) is 0 Å². The Labute approximate surface area is 163 Å². The van der Waals surface area contributed by atoms with E-state index in [2.05, 4.69) is 15.3 Å². The Balaban J connectivity index is 1.87. The average molecular weight is 391 g/mol. The number of nitrogens with zero attached hydrogens (tertiary/aromatic N) is 3. The van der Waals surface area contributed by atoms with Crippen molar-refractivity contribution in [2.75, 3.05) is 19.0 Å². The van der Waals surface area contributed by atoms with Gasteiger partial charge in [0.05, 0.1) is 19.3 Å². The summed E-state index contributed by atoms with van der Waals surface area (Å²) >= 11 is 6.10. The van der Waals surface area contributed by atoms with Crippen LogP contribution < -0.4 is 10.1 Å². The SMILES string of the molecule is COc1cccc(Nc2nc(Cl)nc3c2CN(C(=O)OC(C)(C)C)CC3)c1. The van der Waals surface area contributed by atoms with Crippen LogP contribution in [-0.4, -0.2) is 40.2 Å². The van der Waals surface area contributed by atoms with Gasteiger partial charge in [0, 0.05) is 30.3 Å². The number of aromatic nitrogens is 2. The molecule has 0 unspecified atom stereocenters. The van der Waals surface area contributed by atoms with E-state index in [0.29, 0.717) is 25.3 Å². The van der Waals surface area contributed by atoms with E-state index < -0.39 is 5.60 Å².